The van der Waals surface area contributed by atoms with Crippen molar-refractivity contribution >= 4 is 40.4 Å². The lowest BCUT2D eigenvalue weighted by atomic mass is 9.96. The topological polar surface area (TPSA) is 95.7 Å². The molecule has 4 rings (SSSR count). The van der Waals surface area contributed by atoms with Gasteiger partial charge in [0.1, 0.15) is 29.2 Å². The van der Waals surface area contributed by atoms with Gasteiger partial charge in [0, 0.05) is 35.8 Å². The SMILES string of the molecule is CC1(C)C(=O)N(CC(=O)O)CCN1C(=O)c1ccc2c(-c3ccc(Cl)c(F)c3)cn(C(C)(C)C)c2n1. The number of pyridine rings is 1. The predicted octanol–water partition coefficient (Wildman–Crippen LogP) is 4.40. The zero-order valence-electron chi connectivity index (χ0n) is 20.8. The average molecular weight is 515 g/mol. The van der Waals surface area contributed by atoms with Crippen molar-refractivity contribution in [3.05, 3.63) is 53.1 Å². The van der Waals surface area contributed by atoms with E-state index in [0.29, 0.717) is 11.2 Å². The second kappa shape index (κ2) is 8.89. The summed E-state index contributed by atoms with van der Waals surface area (Å²) in [5.74, 6) is -2.49. The molecule has 36 heavy (non-hydrogen) atoms. The van der Waals surface area contributed by atoms with E-state index in [1.807, 2.05) is 31.5 Å². The Morgan fingerprint density at radius 2 is 1.86 bits per heavy atom. The lowest BCUT2D eigenvalue weighted by molar-refractivity contribution is -0.153. The van der Waals surface area contributed by atoms with Crippen LogP contribution in [0.25, 0.3) is 22.2 Å². The molecule has 190 valence electrons. The summed E-state index contributed by atoms with van der Waals surface area (Å²) in [5, 5.41) is 9.87. The number of benzene rings is 1. The highest BCUT2D eigenvalue weighted by atomic mass is 35.5. The molecule has 0 spiro atoms. The van der Waals surface area contributed by atoms with E-state index in [-0.39, 0.29) is 23.8 Å². The lowest BCUT2D eigenvalue weighted by Crippen LogP contribution is -2.65. The van der Waals surface area contributed by atoms with Crippen LogP contribution in [0.1, 0.15) is 45.1 Å². The second-order valence-electron chi connectivity index (χ2n) is 10.4. The number of carboxylic acids is 1. The van der Waals surface area contributed by atoms with Crippen molar-refractivity contribution in [1.82, 2.24) is 19.4 Å². The molecule has 8 nitrogen and oxygen atoms in total. The van der Waals surface area contributed by atoms with Gasteiger partial charge >= 0.3 is 5.97 Å². The summed E-state index contributed by atoms with van der Waals surface area (Å²) in [7, 11) is 0. The van der Waals surface area contributed by atoms with Crippen LogP contribution in [0.4, 0.5) is 4.39 Å². The number of hydrogen-bond acceptors (Lipinski definition) is 4. The summed E-state index contributed by atoms with van der Waals surface area (Å²) in [4.78, 5) is 45.0. The van der Waals surface area contributed by atoms with E-state index < -0.39 is 41.2 Å². The van der Waals surface area contributed by atoms with E-state index in [0.717, 1.165) is 10.9 Å². The number of fused-ring (bicyclic) bond motifs is 1. The largest absolute Gasteiger partial charge is 0.480 e. The fourth-order valence-corrected chi connectivity index (χ4v) is 4.66. The van der Waals surface area contributed by atoms with Crippen LogP contribution in [0, 0.1) is 5.82 Å². The van der Waals surface area contributed by atoms with Crippen molar-refractivity contribution in [2.24, 2.45) is 0 Å². The van der Waals surface area contributed by atoms with Gasteiger partial charge in [-0.25, -0.2) is 9.37 Å². The third-order valence-corrected chi connectivity index (χ3v) is 6.78. The number of hydrogen-bond donors (Lipinski definition) is 1. The maximum atomic E-state index is 14.2. The van der Waals surface area contributed by atoms with Gasteiger partial charge in [-0.15, -0.1) is 0 Å². The maximum Gasteiger partial charge on any atom is 0.323 e. The van der Waals surface area contributed by atoms with Crippen LogP contribution in [0.15, 0.2) is 36.5 Å². The number of rotatable bonds is 4. The van der Waals surface area contributed by atoms with E-state index in [1.54, 1.807) is 32.0 Å². The van der Waals surface area contributed by atoms with E-state index in [2.05, 4.69) is 0 Å². The standard InChI is InChI=1S/C26H28ClFN4O4/c1-25(2,3)32-13-17(15-6-8-18(27)19(28)12-15)16-7-9-20(29-22(16)32)23(35)31-11-10-30(14-21(33)34)24(36)26(31,4)5/h6-9,12-13H,10-11,14H2,1-5H3,(H,33,34). The van der Waals surface area contributed by atoms with Crippen LogP contribution in [-0.2, 0) is 15.1 Å². The van der Waals surface area contributed by atoms with Gasteiger partial charge in [0.05, 0.1) is 5.02 Å². The second-order valence-corrected chi connectivity index (χ2v) is 10.8. The van der Waals surface area contributed by atoms with Crippen molar-refractivity contribution in [1.29, 1.82) is 0 Å². The minimum atomic E-state index is -1.24. The van der Waals surface area contributed by atoms with E-state index >= 15 is 0 Å². The molecule has 1 aliphatic rings. The molecule has 0 saturated carbocycles. The molecule has 2 aromatic heterocycles. The first-order valence-corrected chi connectivity index (χ1v) is 11.9. The van der Waals surface area contributed by atoms with Gasteiger partial charge in [-0.05, 0) is 64.4 Å². The quantitative estimate of drug-likeness (QED) is 0.557. The molecule has 0 unspecified atom stereocenters. The monoisotopic (exact) mass is 514 g/mol. The number of carboxylic acid groups (broad SMARTS) is 1. The van der Waals surface area contributed by atoms with E-state index in [9.17, 15) is 18.8 Å². The van der Waals surface area contributed by atoms with Gasteiger partial charge < -0.3 is 19.5 Å². The van der Waals surface area contributed by atoms with Crippen molar-refractivity contribution in [3.8, 4) is 11.1 Å². The Balaban J connectivity index is 1.77. The van der Waals surface area contributed by atoms with Crippen molar-refractivity contribution < 1.29 is 23.9 Å². The van der Waals surface area contributed by atoms with Gasteiger partial charge in [-0.3, -0.25) is 14.4 Å². The molecular formula is C26H28ClFN4O4. The summed E-state index contributed by atoms with van der Waals surface area (Å²) in [6, 6.07) is 7.97. The molecule has 2 amide bonds. The van der Waals surface area contributed by atoms with Crippen molar-refractivity contribution in [2.75, 3.05) is 19.6 Å². The Morgan fingerprint density at radius 1 is 1.17 bits per heavy atom. The normalized spacial score (nSPS) is 16.0. The molecule has 0 atom stereocenters. The van der Waals surface area contributed by atoms with Gasteiger partial charge in [0.25, 0.3) is 5.91 Å². The third-order valence-electron chi connectivity index (χ3n) is 6.47. The molecule has 10 heteroatoms. The van der Waals surface area contributed by atoms with Gasteiger partial charge in [0.15, 0.2) is 0 Å². The van der Waals surface area contributed by atoms with E-state index in [1.165, 1.54) is 21.9 Å². The highest BCUT2D eigenvalue weighted by Gasteiger charge is 2.45. The fraction of sp³-hybridized carbons (Fsp3) is 0.385. The molecule has 1 aliphatic heterocycles. The molecule has 3 heterocycles. The molecule has 0 bridgehead atoms. The summed E-state index contributed by atoms with van der Waals surface area (Å²) >= 11 is 5.87. The van der Waals surface area contributed by atoms with Crippen LogP contribution in [0.5, 0.6) is 0 Å². The zero-order chi connectivity index (χ0) is 26.6. The predicted molar refractivity (Wildman–Crippen MR) is 134 cm³/mol. The number of aromatic nitrogens is 2. The molecule has 1 aromatic carbocycles. The molecule has 3 aromatic rings. The summed E-state index contributed by atoms with van der Waals surface area (Å²) in [5.41, 5.74) is 0.458. The molecule has 0 aliphatic carbocycles. The minimum Gasteiger partial charge on any atom is -0.480 e. The minimum absolute atomic E-state index is 0.0323. The van der Waals surface area contributed by atoms with Gasteiger partial charge in [0.2, 0.25) is 5.91 Å². The lowest BCUT2D eigenvalue weighted by Gasteiger charge is -2.45. The van der Waals surface area contributed by atoms with Crippen molar-refractivity contribution in [3.63, 3.8) is 0 Å². The Hall–Kier alpha value is -3.46. The Morgan fingerprint density at radius 3 is 2.47 bits per heavy atom. The Bertz CT molecular complexity index is 1390. The van der Waals surface area contributed by atoms with E-state index in [4.69, 9.17) is 21.7 Å². The van der Waals surface area contributed by atoms with Crippen molar-refractivity contribution in [2.45, 2.75) is 45.7 Å². The van der Waals surface area contributed by atoms with Crippen LogP contribution >= 0.6 is 11.6 Å². The highest BCUT2D eigenvalue weighted by Crippen LogP contribution is 2.35. The van der Waals surface area contributed by atoms with Crippen LogP contribution in [-0.4, -0.2) is 67.4 Å². The smallest absolute Gasteiger partial charge is 0.323 e. The van der Waals surface area contributed by atoms with Gasteiger partial charge in [-0.2, -0.15) is 0 Å². The fourth-order valence-electron chi connectivity index (χ4n) is 4.54. The first-order chi connectivity index (χ1) is 16.7. The molecular weight excluding hydrogens is 487 g/mol. The average Bonchev–Trinajstić information content (AvgIpc) is 3.18. The Kier molecular flexibility index (Phi) is 6.33. The summed E-state index contributed by atoms with van der Waals surface area (Å²) in [6.07, 6.45) is 1.88. The van der Waals surface area contributed by atoms with Crippen LogP contribution < -0.4 is 0 Å². The number of carbonyl (C=O) groups excluding carboxylic acids is 2. The first kappa shape index (κ1) is 25.6. The molecule has 1 N–H and O–H groups in total. The molecule has 1 fully saturated rings. The highest BCUT2D eigenvalue weighted by molar-refractivity contribution is 6.30. The number of nitrogens with zero attached hydrogens (tertiary/aromatic N) is 4. The number of aliphatic carboxylic acids is 1. The van der Waals surface area contributed by atoms with Gasteiger partial charge in [-0.1, -0.05) is 17.7 Å². The first-order valence-electron chi connectivity index (χ1n) is 11.5. The third kappa shape index (κ3) is 4.43. The number of piperazine rings is 1. The zero-order valence-corrected chi connectivity index (χ0v) is 21.6. The van der Waals surface area contributed by atoms with Crippen LogP contribution in [0.2, 0.25) is 5.02 Å². The summed E-state index contributed by atoms with van der Waals surface area (Å²) in [6.45, 7) is 9.08. The number of halogens is 2. The maximum absolute atomic E-state index is 14.2. The molecule has 0 radical (unpaired) electrons. The number of carbonyl (C=O) groups is 3. The molecule has 1 saturated heterocycles. The van der Waals surface area contributed by atoms with Crippen LogP contribution in [0.3, 0.4) is 0 Å². The summed E-state index contributed by atoms with van der Waals surface area (Å²) < 4.78 is 16.1. The Labute approximate surface area is 213 Å². The number of amides is 2.